The Morgan fingerprint density at radius 3 is 2.42 bits per heavy atom. The van der Waals surface area contributed by atoms with Crippen LogP contribution in [0.15, 0.2) is 54.6 Å². The van der Waals surface area contributed by atoms with Gasteiger partial charge in [0.15, 0.2) is 0 Å². The molecule has 1 amide bonds. The zero-order valence-electron chi connectivity index (χ0n) is 10.8. The lowest BCUT2D eigenvalue weighted by Gasteiger charge is -2.12. The molecule has 0 radical (unpaired) electrons. The molecule has 0 aromatic heterocycles. The molecule has 0 saturated heterocycles. The lowest BCUT2D eigenvalue weighted by atomic mass is 9.97. The maximum atomic E-state index is 12.0. The van der Waals surface area contributed by atoms with Gasteiger partial charge >= 0.3 is 0 Å². The second-order valence-corrected chi connectivity index (χ2v) is 4.95. The summed E-state index contributed by atoms with van der Waals surface area (Å²) in [6, 6.07) is 17.3. The van der Waals surface area contributed by atoms with Crippen LogP contribution in [0.25, 0.3) is 0 Å². The van der Waals surface area contributed by atoms with Gasteiger partial charge in [0.2, 0.25) is 5.91 Å². The molecule has 0 saturated carbocycles. The second-order valence-electron chi connectivity index (χ2n) is 4.54. The predicted octanol–water partition coefficient (Wildman–Crippen LogP) is 4.47. The van der Waals surface area contributed by atoms with Gasteiger partial charge in [0.1, 0.15) is 0 Å². The number of anilines is 1. The van der Waals surface area contributed by atoms with Gasteiger partial charge in [-0.3, -0.25) is 4.79 Å². The summed E-state index contributed by atoms with van der Waals surface area (Å²) in [7, 11) is 0. The molecule has 0 bridgehead atoms. The van der Waals surface area contributed by atoms with Crippen molar-refractivity contribution < 1.29 is 4.79 Å². The standard InChI is InChI=1S/C16H16ClNO/c1-12(13-7-3-2-4-8-13)11-16(19)18-15-10-6-5-9-14(15)17/h2-10,12H,11H2,1H3,(H,18,19)/t12-/m0/s1. The molecule has 2 nitrogen and oxygen atoms in total. The molecule has 1 atom stereocenters. The van der Waals surface area contributed by atoms with Crippen LogP contribution in [0.3, 0.4) is 0 Å². The highest BCUT2D eigenvalue weighted by Gasteiger charge is 2.12. The fraction of sp³-hybridized carbons (Fsp3) is 0.188. The number of hydrogen-bond donors (Lipinski definition) is 1. The van der Waals surface area contributed by atoms with Crippen molar-refractivity contribution in [1.82, 2.24) is 0 Å². The quantitative estimate of drug-likeness (QED) is 0.875. The molecule has 19 heavy (non-hydrogen) atoms. The molecule has 98 valence electrons. The van der Waals surface area contributed by atoms with E-state index in [1.807, 2.05) is 49.4 Å². The summed E-state index contributed by atoms with van der Waals surface area (Å²) >= 11 is 6.01. The van der Waals surface area contributed by atoms with Gasteiger partial charge in [0.05, 0.1) is 10.7 Å². The van der Waals surface area contributed by atoms with Crippen molar-refractivity contribution in [1.29, 1.82) is 0 Å². The Morgan fingerprint density at radius 1 is 1.11 bits per heavy atom. The molecule has 0 spiro atoms. The number of hydrogen-bond acceptors (Lipinski definition) is 1. The van der Waals surface area contributed by atoms with Crippen molar-refractivity contribution in [3.8, 4) is 0 Å². The summed E-state index contributed by atoms with van der Waals surface area (Å²) in [5, 5.41) is 3.40. The van der Waals surface area contributed by atoms with Crippen molar-refractivity contribution in [2.45, 2.75) is 19.3 Å². The molecule has 0 heterocycles. The van der Waals surface area contributed by atoms with Gasteiger partial charge in [-0.2, -0.15) is 0 Å². The van der Waals surface area contributed by atoms with Crippen molar-refractivity contribution in [3.05, 3.63) is 65.2 Å². The number of halogens is 1. The van der Waals surface area contributed by atoms with E-state index in [9.17, 15) is 4.79 Å². The Hall–Kier alpha value is -1.80. The van der Waals surface area contributed by atoms with Gasteiger partial charge in [-0.25, -0.2) is 0 Å². The number of carbonyl (C=O) groups excluding carboxylic acids is 1. The predicted molar refractivity (Wildman–Crippen MR) is 79.6 cm³/mol. The highest BCUT2D eigenvalue weighted by atomic mass is 35.5. The van der Waals surface area contributed by atoms with Crippen LogP contribution in [-0.2, 0) is 4.79 Å². The van der Waals surface area contributed by atoms with Crippen LogP contribution >= 0.6 is 11.6 Å². The third kappa shape index (κ3) is 3.83. The van der Waals surface area contributed by atoms with Crippen LogP contribution in [0.2, 0.25) is 5.02 Å². The van der Waals surface area contributed by atoms with Crippen LogP contribution in [0.4, 0.5) is 5.69 Å². The van der Waals surface area contributed by atoms with Gasteiger partial charge in [-0.15, -0.1) is 0 Å². The molecule has 3 heteroatoms. The summed E-state index contributed by atoms with van der Waals surface area (Å²) in [5.41, 5.74) is 1.83. The highest BCUT2D eigenvalue weighted by molar-refractivity contribution is 6.33. The SMILES string of the molecule is C[C@@H](CC(=O)Nc1ccccc1Cl)c1ccccc1. The van der Waals surface area contributed by atoms with Crippen LogP contribution < -0.4 is 5.32 Å². The van der Waals surface area contributed by atoms with Crippen LogP contribution in [0, 0.1) is 0 Å². The molecule has 0 aliphatic carbocycles. The Balaban J connectivity index is 1.97. The molecular formula is C16H16ClNO. The van der Waals surface area contributed by atoms with Crippen LogP contribution in [0.1, 0.15) is 24.8 Å². The largest absolute Gasteiger partial charge is 0.325 e. The fourth-order valence-electron chi connectivity index (χ4n) is 1.94. The van der Waals surface area contributed by atoms with Gasteiger partial charge in [0, 0.05) is 6.42 Å². The second kappa shape index (κ2) is 6.39. The van der Waals surface area contributed by atoms with E-state index in [0.29, 0.717) is 17.1 Å². The summed E-state index contributed by atoms with van der Waals surface area (Å²) in [6.07, 6.45) is 0.440. The van der Waals surface area contributed by atoms with Crippen molar-refractivity contribution in [3.63, 3.8) is 0 Å². The number of amides is 1. The van der Waals surface area contributed by atoms with E-state index in [1.165, 1.54) is 0 Å². The van der Waals surface area contributed by atoms with Crippen molar-refractivity contribution in [2.24, 2.45) is 0 Å². The number of nitrogens with one attached hydrogen (secondary N) is 1. The van der Waals surface area contributed by atoms with E-state index < -0.39 is 0 Å². The summed E-state index contributed by atoms with van der Waals surface area (Å²) in [5.74, 6) is 0.160. The topological polar surface area (TPSA) is 29.1 Å². The van der Waals surface area contributed by atoms with Crippen LogP contribution in [0.5, 0.6) is 0 Å². The zero-order valence-corrected chi connectivity index (χ0v) is 11.5. The monoisotopic (exact) mass is 273 g/mol. The Morgan fingerprint density at radius 2 is 1.74 bits per heavy atom. The van der Waals surface area contributed by atoms with E-state index >= 15 is 0 Å². The van der Waals surface area contributed by atoms with E-state index in [-0.39, 0.29) is 11.8 Å². The smallest absolute Gasteiger partial charge is 0.225 e. The fourth-order valence-corrected chi connectivity index (χ4v) is 2.12. The minimum atomic E-state index is -0.0237. The lowest BCUT2D eigenvalue weighted by Crippen LogP contribution is -2.14. The van der Waals surface area contributed by atoms with Crippen molar-refractivity contribution >= 4 is 23.2 Å². The molecule has 0 aliphatic rings. The number of carbonyl (C=O) groups is 1. The molecule has 2 aromatic carbocycles. The normalized spacial score (nSPS) is 11.9. The first-order valence-electron chi connectivity index (χ1n) is 6.26. The molecule has 0 aliphatic heterocycles. The van der Waals surface area contributed by atoms with E-state index in [0.717, 1.165) is 5.56 Å². The van der Waals surface area contributed by atoms with Crippen LogP contribution in [-0.4, -0.2) is 5.91 Å². The Labute approximate surface area is 118 Å². The number of benzene rings is 2. The molecule has 2 rings (SSSR count). The van der Waals surface area contributed by atoms with E-state index in [4.69, 9.17) is 11.6 Å². The van der Waals surface area contributed by atoms with Gasteiger partial charge < -0.3 is 5.32 Å². The third-order valence-electron chi connectivity index (χ3n) is 3.01. The number of para-hydroxylation sites is 1. The third-order valence-corrected chi connectivity index (χ3v) is 3.34. The maximum Gasteiger partial charge on any atom is 0.225 e. The highest BCUT2D eigenvalue weighted by Crippen LogP contribution is 2.23. The first-order valence-corrected chi connectivity index (χ1v) is 6.64. The van der Waals surface area contributed by atoms with Gasteiger partial charge in [-0.05, 0) is 23.6 Å². The van der Waals surface area contributed by atoms with E-state index in [2.05, 4.69) is 5.32 Å². The molecule has 0 unspecified atom stereocenters. The zero-order chi connectivity index (χ0) is 13.7. The minimum Gasteiger partial charge on any atom is -0.325 e. The molecular weight excluding hydrogens is 258 g/mol. The summed E-state index contributed by atoms with van der Waals surface area (Å²) in [6.45, 7) is 2.04. The summed E-state index contributed by atoms with van der Waals surface area (Å²) < 4.78 is 0. The number of rotatable bonds is 4. The molecule has 2 aromatic rings. The minimum absolute atomic E-state index is 0.0237. The van der Waals surface area contributed by atoms with E-state index in [1.54, 1.807) is 12.1 Å². The average molecular weight is 274 g/mol. The van der Waals surface area contributed by atoms with Gasteiger partial charge in [0.25, 0.3) is 0 Å². The maximum absolute atomic E-state index is 12.0. The summed E-state index contributed by atoms with van der Waals surface area (Å²) in [4.78, 5) is 12.0. The first kappa shape index (κ1) is 13.6. The lowest BCUT2D eigenvalue weighted by molar-refractivity contribution is -0.116. The molecule has 0 fully saturated rings. The van der Waals surface area contributed by atoms with Gasteiger partial charge in [-0.1, -0.05) is 61.0 Å². The van der Waals surface area contributed by atoms with Crippen molar-refractivity contribution in [2.75, 3.05) is 5.32 Å². The molecule has 1 N–H and O–H groups in total. The first-order chi connectivity index (χ1) is 9.16. The average Bonchev–Trinajstić information content (AvgIpc) is 2.42. The Kier molecular flexibility index (Phi) is 4.58. The Bertz CT molecular complexity index is 554.